The van der Waals surface area contributed by atoms with Crippen LogP contribution in [0.2, 0.25) is 0 Å². The molecule has 0 heterocycles. The molecule has 0 bridgehead atoms. The van der Waals surface area contributed by atoms with E-state index >= 15 is 0 Å². The molecule has 0 saturated heterocycles. The van der Waals surface area contributed by atoms with Gasteiger partial charge in [-0.2, -0.15) is 0 Å². The maximum Gasteiger partial charge on any atom is 0.335 e. The number of rotatable bonds is 2. The van der Waals surface area contributed by atoms with Crippen LogP contribution in [0.5, 0.6) is 5.75 Å². The maximum atomic E-state index is 11.0. The van der Waals surface area contributed by atoms with Gasteiger partial charge in [-0.05, 0) is 47.9 Å². The summed E-state index contributed by atoms with van der Waals surface area (Å²) in [4.78, 5) is 11.0. The number of carbonyl (C=O) groups is 1. The van der Waals surface area contributed by atoms with E-state index in [1.807, 2.05) is 19.1 Å². The number of benzene rings is 2. The summed E-state index contributed by atoms with van der Waals surface area (Å²) in [5, 5.41) is 18.4. The van der Waals surface area contributed by atoms with Gasteiger partial charge in [-0.3, -0.25) is 0 Å². The fourth-order valence-corrected chi connectivity index (χ4v) is 1.76. The lowest BCUT2D eigenvalue weighted by Gasteiger charge is -2.05. The van der Waals surface area contributed by atoms with Crippen LogP contribution in [0.3, 0.4) is 0 Å². The van der Waals surface area contributed by atoms with E-state index in [1.54, 1.807) is 30.3 Å². The topological polar surface area (TPSA) is 57.5 Å². The molecule has 0 atom stereocenters. The number of aromatic carboxylic acids is 1. The van der Waals surface area contributed by atoms with Crippen molar-refractivity contribution in [1.29, 1.82) is 0 Å². The van der Waals surface area contributed by atoms with Gasteiger partial charge in [0.1, 0.15) is 5.75 Å². The van der Waals surface area contributed by atoms with Gasteiger partial charge >= 0.3 is 5.97 Å². The van der Waals surface area contributed by atoms with Gasteiger partial charge in [0, 0.05) is 0 Å². The number of aryl methyl sites for hydroxylation is 1. The van der Waals surface area contributed by atoms with Crippen LogP contribution in [-0.2, 0) is 0 Å². The first-order chi connectivity index (χ1) is 8.06. The van der Waals surface area contributed by atoms with Crippen LogP contribution >= 0.6 is 0 Å². The van der Waals surface area contributed by atoms with E-state index < -0.39 is 5.97 Å². The van der Waals surface area contributed by atoms with Crippen LogP contribution in [0, 0.1) is 6.92 Å². The van der Waals surface area contributed by atoms with Gasteiger partial charge in [-0.1, -0.05) is 18.2 Å². The van der Waals surface area contributed by atoms with Crippen LogP contribution < -0.4 is 0 Å². The van der Waals surface area contributed by atoms with E-state index in [-0.39, 0.29) is 11.3 Å². The average molecular weight is 228 g/mol. The Kier molecular flexibility index (Phi) is 2.83. The molecule has 0 amide bonds. The smallest absolute Gasteiger partial charge is 0.335 e. The molecule has 2 aromatic carbocycles. The van der Waals surface area contributed by atoms with Crippen molar-refractivity contribution in [2.24, 2.45) is 0 Å². The first kappa shape index (κ1) is 11.2. The van der Waals surface area contributed by atoms with Gasteiger partial charge in [-0.15, -0.1) is 0 Å². The first-order valence-corrected chi connectivity index (χ1v) is 5.20. The Bertz CT molecular complexity index is 573. The second-order valence-electron chi connectivity index (χ2n) is 3.94. The van der Waals surface area contributed by atoms with Gasteiger partial charge in [-0.25, -0.2) is 4.79 Å². The molecular formula is C14H12O3. The van der Waals surface area contributed by atoms with Gasteiger partial charge in [0.05, 0.1) is 5.56 Å². The Morgan fingerprint density at radius 2 is 1.82 bits per heavy atom. The minimum atomic E-state index is -0.949. The van der Waals surface area contributed by atoms with Crippen LogP contribution in [0.25, 0.3) is 11.1 Å². The number of aromatic hydroxyl groups is 1. The lowest BCUT2D eigenvalue weighted by atomic mass is 10.00. The van der Waals surface area contributed by atoms with E-state index in [4.69, 9.17) is 5.11 Å². The SMILES string of the molecule is Cc1cc(C(=O)O)cc(-c2cccc(O)c2)c1. The third-order valence-electron chi connectivity index (χ3n) is 2.50. The van der Waals surface area contributed by atoms with Crippen LogP contribution in [-0.4, -0.2) is 16.2 Å². The second kappa shape index (κ2) is 4.29. The number of phenols is 1. The van der Waals surface area contributed by atoms with E-state index in [9.17, 15) is 9.90 Å². The van der Waals surface area contributed by atoms with Crippen molar-refractivity contribution >= 4 is 5.97 Å². The highest BCUT2D eigenvalue weighted by Crippen LogP contribution is 2.25. The van der Waals surface area contributed by atoms with E-state index in [0.29, 0.717) is 0 Å². The fraction of sp³-hybridized carbons (Fsp3) is 0.0714. The van der Waals surface area contributed by atoms with Gasteiger partial charge in [0.2, 0.25) is 0 Å². The normalized spacial score (nSPS) is 10.2. The Hall–Kier alpha value is -2.29. The monoisotopic (exact) mass is 228 g/mol. The molecule has 3 heteroatoms. The number of carboxylic acid groups (broad SMARTS) is 1. The molecule has 17 heavy (non-hydrogen) atoms. The zero-order valence-electron chi connectivity index (χ0n) is 9.34. The van der Waals surface area contributed by atoms with Crippen LogP contribution in [0.4, 0.5) is 0 Å². The number of carboxylic acids is 1. The summed E-state index contributed by atoms with van der Waals surface area (Å²) in [5.74, 6) is -0.781. The van der Waals surface area contributed by atoms with E-state index in [1.165, 1.54) is 0 Å². The van der Waals surface area contributed by atoms with Crippen molar-refractivity contribution in [3.8, 4) is 16.9 Å². The molecule has 0 aromatic heterocycles. The highest BCUT2D eigenvalue weighted by atomic mass is 16.4. The molecule has 0 saturated carbocycles. The molecule has 0 aliphatic rings. The van der Waals surface area contributed by atoms with Crippen molar-refractivity contribution in [2.75, 3.05) is 0 Å². The molecule has 0 aliphatic carbocycles. The number of hydrogen-bond acceptors (Lipinski definition) is 2. The summed E-state index contributed by atoms with van der Waals surface area (Å²) < 4.78 is 0. The van der Waals surface area contributed by atoms with Gasteiger partial charge in [0.15, 0.2) is 0 Å². The summed E-state index contributed by atoms with van der Waals surface area (Å²) in [5.41, 5.74) is 2.72. The standard InChI is InChI=1S/C14H12O3/c1-9-5-11(7-12(6-9)14(16)17)10-3-2-4-13(15)8-10/h2-8,15H,1H3,(H,16,17). The van der Waals surface area contributed by atoms with Crippen molar-refractivity contribution < 1.29 is 15.0 Å². The fourth-order valence-electron chi connectivity index (χ4n) is 1.76. The average Bonchev–Trinajstić information content (AvgIpc) is 2.28. The largest absolute Gasteiger partial charge is 0.508 e. The minimum absolute atomic E-state index is 0.167. The molecular weight excluding hydrogens is 216 g/mol. The molecule has 2 N–H and O–H groups in total. The van der Waals surface area contributed by atoms with Crippen LogP contribution in [0.15, 0.2) is 42.5 Å². The summed E-state index contributed by atoms with van der Waals surface area (Å²) in [6.07, 6.45) is 0. The summed E-state index contributed by atoms with van der Waals surface area (Å²) in [7, 11) is 0. The van der Waals surface area contributed by atoms with Crippen molar-refractivity contribution in [3.05, 3.63) is 53.6 Å². The highest BCUT2D eigenvalue weighted by molar-refractivity contribution is 5.89. The zero-order valence-corrected chi connectivity index (χ0v) is 9.34. The molecule has 3 nitrogen and oxygen atoms in total. The summed E-state index contributed by atoms with van der Waals surface area (Å²) >= 11 is 0. The Labute approximate surface area is 99.0 Å². The van der Waals surface area contributed by atoms with Crippen LogP contribution in [0.1, 0.15) is 15.9 Å². The summed E-state index contributed by atoms with van der Waals surface area (Å²) in [6.45, 7) is 1.85. The quantitative estimate of drug-likeness (QED) is 0.830. The van der Waals surface area contributed by atoms with Crippen molar-refractivity contribution in [3.63, 3.8) is 0 Å². The lowest BCUT2D eigenvalue weighted by Crippen LogP contribution is -1.97. The molecule has 0 aliphatic heterocycles. The molecule has 0 fully saturated rings. The molecule has 2 rings (SSSR count). The van der Waals surface area contributed by atoms with Crippen molar-refractivity contribution in [2.45, 2.75) is 6.92 Å². The molecule has 86 valence electrons. The maximum absolute atomic E-state index is 11.0. The Morgan fingerprint density at radius 3 is 2.47 bits per heavy atom. The predicted molar refractivity (Wildman–Crippen MR) is 65.2 cm³/mol. The van der Waals surface area contributed by atoms with Gasteiger partial charge < -0.3 is 10.2 Å². The second-order valence-corrected chi connectivity index (χ2v) is 3.94. The Balaban J connectivity index is 2.56. The summed E-state index contributed by atoms with van der Waals surface area (Å²) in [6, 6.07) is 11.9. The van der Waals surface area contributed by atoms with E-state index in [0.717, 1.165) is 16.7 Å². The molecule has 0 radical (unpaired) electrons. The third kappa shape index (κ3) is 2.45. The Morgan fingerprint density at radius 1 is 1.06 bits per heavy atom. The first-order valence-electron chi connectivity index (χ1n) is 5.20. The zero-order chi connectivity index (χ0) is 12.4. The number of phenolic OH excluding ortho intramolecular Hbond substituents is 1. The highest BCUT2D eigenvalue weighted by Gasteiger charge is 2.07. The predicted octanol–water partition coefficient (Wildman–Crippen LogP) is 3.07. The minimum Gasteiger partial charge on any atom is -0.508 e. The molecule has 0 unspecified atom stereocenters. The molecule has 2 aromatic rings. The van der Waals surface area contributed by atoms with E-state index in [2.05, 4.69) is 0 Å². The number of hydrogen-bond donors (Lipinski definition) is 2. The molecule has 0 spiro atoms. The van der Waals surface area contributed by atoms with Gasteiger partial charge in [0.25, 0.3) is 0 Å². The lowest BCUT2D eigenvalue weighted by molar-refractivity contribution is 0.0697. The third-order valence-corrected chi connectivity index (χ3v) is 2.50. The van der Waals surface area contributed by atoms with Crippen molar-refractivity contribution in [1.82, 2.24) is 0 Å².